The Morgan fingerprint density at radius 2 is 2.12 bits per heavy atom. The number of nitrogens with zero attached hydrogens (tertiary/aromatic N) is 1. The summed E-state index contributed by atoms with van der Waals surface area (Å²) in [4.78, 5) is 11.4. The largest absolute Gasteiger partial charge is 0.462 e. The lowest BCUT2D eigenvalue weighted by atomic mass is 10.1. The van der Waals surface area contributed by atoms with Crippen molar-refractivity contribution in [2.45, 2.75) is 13.3 Å². The molecule has 0 unspecified atom stereocenters. The van der Waals surface area contributed by atoms with E-state index in [1.54, 1.807) is 0 Å². The Balaban J connectivity index is 2.79. The molecule has 0 atom stereocenters. The number of hydrogen-bond acceptors (Lipinski definition) is 3. The Bertz CT molecular complexity index is 415. The van der Waals surface area contributed by atoms with Crippen molar-refractivity contribution in [1.29, 1.82) is 5.26 Å². The van der Waals surface area contributed by atoms with E-state index < -0.39 is 5.97 Å². The van der Waals surface area contributed by atoms with E-state index in [0.29, 0.717) is 6.61 Å². The number of carbonyl (C=O) groups excluding carboxylic acids is 1. The van der Waals surface area contributed by atoms with Gasteiger partial charge in [0.25, 0.3) is 0 Å². The molecule has 3 nitrogen and oxygen atoms in total. The van der Waals surface area contributed by atoms with Gasteiger partial charge in [-0.3, -0.25) is 0 Å². The molecule has 0 saturated heterocycles. The minimum atomic E-state index is -0.562. The maximum Gasteiger partial charge on any atom is 0.348 e. The molecule has 0 aliphatic heterocycles. The highest BCUT2D eigenvalue weighted by atomic mass is 16.5. The van der Waals surface area contributed by atoms with Gasteiger partial charge in [0.2, 0.25) is 0 Å². The molecule has 0 aliphatic rings. The smallest absolute Gasteiger partial charge is 0.348 e. The van der Waals surface area contributed by atoms with Crippen molar-refractivity contribution in [3.05, 3.63) is 41.5 Å². The summed E-state index contributed by atoms with van der Waals surface area (Å²) in [6.45, 7) is 2.24. The summed E-state index contributed by atoms with van der Waals surface area (Å²) in [6, 6.07) is 11.1. The van der Waals surface area contributed by atoms with E-state index in [1.165, 1.54) is 6.08 Å². The third kappa shape index (κ3) is 3.58. The predicted molar refractivity (Wildman–Crippen MR) is 61.3 cm³/mol. The first-order valence-electron chi connectivity index (χ1n) is 5.12. The van der Waals surface area contributed by atoms with E-state index in [4.69, 9.17) is 10.00 Å². The maximum atomic E-state index is 11.4. The molecular weight excluding hydrogens is 202 g/mol. The summed E-state index contributed by atoms with van der Waals surface area (Å²) in [6.07, 6.45) is 2.27. The SMILES string of the molecule is CCCOC(=O)/C(C#N)=C/c1ccccc1. The molecule has 0 spiro atoms. The summed E-state index contributed by atoms with van der Waals surface area (Å²) in [5.41, 5.74) is 0.840. The van der Waals surface area contributed by atoms with E-state index >= 15 is 0 Å². The molecule has 0 fully saturated rings. The quantitative estimate of drug-likeness (QED) is 0.440. The van der Waals surface area contributed by atoms with Gasteiger partial charge in [-0.25, -0.2) is 4.79 Å². The lowest BCUT2D eigenvalue weighted by Gasteiger charge is -2.01. The zero-order chi connectivity index (χ0) is 11.8. The zero-order valence-electron chi connectivity index (χ0n) is 9.14. The van der Waals surface area contributed by atoms with Crippen LogP contribution in [-0.2, 0) is 9.53 Å². The van der Waals surface area contributed by atoms with Crippen molar-refractivity contribution in [1.82, 2.24) is 0 Å². The Morgan fingerprint density at radius 1 is 1.44 bits per heavy atom. The molecule has 1 rings (SSSR count). The molecule has 1 aromatic carbocycles. The molecule has 82 valence electrons. The van der Waals surface area contributed by atoms with E-state index in [-0.39, 0.29) is 5.57 Å². The third-order valence-electron chi connectivity index (χ3n) is 1.89. The van der Waals surface area contributed by atoms with E-state index in [9.17, 15) is 4.79 Å². The first-order valence-corrected chi connectivity index (χ1v) is 5.12. The fourth-order valence-electron chi connectivity index (χ4n) is 1.13. The fraction of sp³-hybridized carbons (Fsp3) is 0.231. The van der Waals surface area contributed by atoms with Crippen LogP contribution in [0.3, 0.4) is 0 Å². The summed E-state index contributed by atoms with van der Waals surface area (Å²) in [7, 11) is 0. The van der Waals surface area contributed by atoms with Crippen LogP contribution in [-0.4, -0.2) is 12.6 Å². The highest BCUT2D eigenvalue weighted by Crippen LogP contribution is 2.07. The van der Waals surface area contributed by atoms with Crippen LogP contribution in [0.5, 0.6) is 0 Å². The van der Waals surface area contributed by atoms with Gasteiger partial charge in [-0.05, 0) is 18.1 Å². The number of carbonyl (C=O) groups is 1. The standard InChI is InChI=1S/C13H13NO2/c1-2-8-16-13(15)12(10-14)9-11-6-4-3-5-7-11/h3-7,9H,2,8H2,1H3/b12-9+. The molecule has 0 amide bonds. The Hall–Kier alpha value is -2.08. The van der Waals surface area contributed by atoms with Crippen LogP contribution in [0.25, 0.3) is 6.08 Å². The van der Waals surface area contributed by atoms with Crippen LogP contribution < -0.4 is 0 Å². The fourth-order valence-corrected chi connectivity index (χ4v) is 1.13. The molecule has 16 heavy (non-hydrogen) atoms. The van der Waals surface area contributed by atoms with Crippen LogP contribution in [0.2, 0.25) is 0 Å². The number of nitriles is 1. The van der Waals surface area contributed by atoms with Crippen molar-refractivity contribution >= 4 is 12.0 Å². The van der Waals surface area contributed by atoms with Crippen LogP contribution in [0.15, 0.2) is 35.9 Å². The predicted octanol–water partition coefficient (Wildman–Crippen LogP) is 2.55. The number of rotatable bonds is 4. The molecule has 3 heteroatoms. The van der Waals surface area contributed by atoms with Gasteiger partial charge < -0.3 is 4.74 Å². The average molecular weight is 215 g/mol. The molecule has 0 bridgehead atoms. The lowest BCUT2D eigenvalue weighted by Crippen LogP contribution is -2.07. The van der Waals surface area contributed by atoms with E-state index in [2.05, 4.69) is 0 Å². The molecular formula is C13H13NO2. The maximum absolute atomic E-state index is 11.4. The average Bonchev–Trinajstić information content (AvgIpc) is 2.34. The number of esters is 1. The van der Waals surface area contributed by atoms with Gasteiger partial charge in [0, 0.05) is 0 Å². The van der Waals surface area contributed by atoms with Crippen LogP contribution >= 0.6 is 0 Å². The van der Waals surface area contributed by atoms with Gasteiger partial charge >= 0.3 is 5.97 Å². The van der Waals surface area contributed by atoms with E-state index in [0.717, 1.165) is 12.0 Å². The van der Waals surface area contributed by atoms with Crippen molar-refractivity contribution < 1.29 is 9.53 Å². The second-order valence-electron chi connectivity index (χ2n) is 3.22. The Kier molecular flexibility index (Phi) is 4.81. The van der Waals surface area contributed by atoms with Crippen molar-refractivity contribution in [3.8, 4) is 6.07 Å². The molecule has 1 aromatic rings. The van der Waals surface area contributed by atoms with Gasteiger partial charge in [0.05, 0.1) is 6.61 Å². The first kappa shape index (κ1) is 12.0. The topological polar surface area (TPSA) is 50.1 Å². The zero-order valence-corrected chi connectivity index (χ0v) is 9.14. The summed E-state index contributed by atoms with van der Waals surface area (Å²) < 4.78 is 4.89. The number of benzene rings is 1. The molecule has 0 aliphatic carbocycles. The lowest BCUT2D eigenvalue weighted by molar-refractivity contribution is -0.138. The van der Waals surface area contributed by atoms with Crippen molar-refractivity contribution in [2.24, 2.45) is 0 Å². The molecule has 0 aromatic heterocycles. The highest BCUT2D eigenvalue weighted by Gasteiger charge is 2.09. The molecule has 0 N–H and O–H groups in total. The molecule has 0 radical (unpaired) electrons. The van der Waals surface area contributed by atoms with Gasteiger partial charge in [0.1, 0.15) is 11.6 Å². The van der Waals surface area contributed by atoms with E-state index in [1.807, 2.05) is 43.3 Å². The summed E-state index contributed by atoms with van der Waals surface area (Å²) in [5.74, 6) is -0.562. The Labute approximate surface area is 95.0 Å². The van der Waals surface area contributed by atoms with Crippen LogP contribution in [0.4, 0.5) is 0 Å². The first-order chi connectivity index (χ1) is 7.77. The monoisotopic (exact) mass is 215 g/mol. The van der Waals surface area contributed by atoms with Gasteiger partial charge in [-0.15, -0.1) is 0 Å². The summed E-state index contributed by atoms with van der Waals surface area (Å²) >= 11 is 0. The highest BCUT2D eigenvalue weighted by molar-refractivity contribution is 5.97. The van der Waals surface area contributed by atoms with Gasteiger partial charge in [0.15, 0.2) is 0 Å². The minimum absolute atomic E-state index is 0.0275. The third-order valence-corrected chi connectivity index (χ3v) is 1.89. The number of ether oxygens (including phenoxy) is 1. The second-order valence-corrected chi connectivity index (χ2v) is 3.22. The Morgan fingerprint density at radius 3 is 2.69 bits per heavy atom. The van der Waals surface area contributed by atoms with Crippen molar-refractivity contribution in [2.75, 3.05) is 6.61 Å². The minimum Gasteiger partial charge on any atom is -0.462 e. The van der Waals surface area contributed by atoms with Gasteiger partial charge in [-0.1, -0.05) is 37.3 Å². The summed E-state index contributed by atoms with van der Waals surface area (Å²) in [5, 5.41) is 8.84. The number of hydrogen-bond donors (Lipinski definition) is 0. The van der Waals surface area contributed by atoms with Crippen LogP contribution in [0, 0.1) is 11.3 Å². The second kappa shape index (κ2) is 6.41. The van der Waals surface area contributed by atoms with Crippen molar-refractivity contribution in [3.63, 3.8) is 0 Å². The van der Waals surface area contributed by atoms with Crippen LogP contribution in [0.1, 0.15) is 18.9 Å². The molecule has 0 heterocycles. The molecule has 0 saturated carbocycles. The normalized spacial score (nSPS) is 10.6. The van der Waals surface area contributed by atoms with Gasteiger partial charge in [-0.2, -0.15) is 5.26 Å².